The average molecular weight is 354 g/mol. The van der Waals surface area contributed by atoms with E-state index in [4.69, 9.17) is 4.52 Å². The standard InChI is InChI=1S/C20H26N4O2/c25-19(21-16-7-3-4-8-16)20-22-18(23-26-20)15-9-11-17(12-10-15)24-13-5-1-2-6-14-24/h9-12,16H,1-8,13-14H2,(H,21,25). The Morgan fingerprint density at radius 3 is 2.38 bits per heavy atom. The summed E-state index contributed by atoms with van der Waals surface area (Å²) in [6.07, 6.45) is 9.56. The molecule has 1 amide bonds. The highest BCUT2D eigenvalue weighted by Crippen LogP contribution is 2.24. The van der Waals surface area contributed by atoms with Crippen LogP contribution in [0.1, 0.15) is 62.1 Å². The van der Waals surface area contributed by atoms with Crippen molar-refractivity contribution in [3.05, 3.63) is 30.2 Å². The third-order valence-corrected chi connectivity index (χ3v) is 5.41. The molecule has 1 saturated carbocycles. The molecule has 1 aromatic carbocycles. The predicted octanol–water partition coefficient (Wildman–Crippen LogP) is 3.79. The van der Waals surface area contributed by atoms with Crippen LogP contribution in [0.15, 0.2) is 28.8 Å². The molecule has 6 nitrogen and oxygen atoms in total. The minimum Gasteiger partial charge on any atom is -0.372 e. The molecule has 138 valence electrons. The fourth-order valence-electron chi connectivity index (χ4n) is 3.90. The number of amides is 1. The summed E-state index contributed by atoms with van der Waals surface area (Å²) in [6.45, 7) is 2.24. The fraction of sp³-hybridized carbons (Fsp3) is 0.550. The van der Waals surface area contributed by atoms with Crippen molar-refractivity contribution < 1.29 is 9.32 Å². The van der Waals surface area contributed by atoms with Gasteiger partial charge in [-0.2, -0.15) is 4.98 Å². The van der Waals surface area contributed by atoms with Crippen molar-refractivity contribution in [2.24, 2.45) is 0 Å². The molecule has 1 aliphatic carbocycles. The molecule has 2 aromatic rings. The van der Waals surface area contributed by atoms with Crippen LogP contribution in [-0.4, -0.2) is 35.2 Å². The molecule has 26 heavy (non-hydrogen) atoms. The normalized spacial score (nSPS) is 18.7. The Kier molecular flexibility index (Phi) is 5.18. The van der Waals surface area contributed by atoms with E-state index in [2.05, 4.69) is 32.5 Å². The highest BCUT2D eigenvalue weighted by Gasteiger charge is 2.22. The molecule has 0 bridgehead atoms. The van der Waals surface area contributed by atoms with E-state index in [-0.39, 0.29) is 17.8 Å². The Morgan fingerprint density at radius 1 is 1.00 bits per heavy atom. The second kappa shape index (κ2) is 7.89. The number of benzene rings is 1. The number of rotatable bonds is 4. The van der Waals surface area contributed by atoms with E-state index < -0.39 is 0 Å². The minimum atomic E-state index is -0.267. The summed E-state index contributed by atoms with van der Waals surface area (Å²) in [5, 5.41) is 6.95. The van der Waals surface area contributed by atoms with Crippen LogP contribution in [0.3, 0.4) is 0 Å². The minimum absolute atomic E-state index is 0.0449. The summed E-state index contributed by atoms with van der Waals surface area (Å²) in [5.41, 5.74) is 2.10. The molecule has 1 N–H and O–H groups in total. The zero-order chi connectivity index (χ0) is 17.8. The number of anilines is 1. The van der Waals surface area contributed by atoms with Gasteiger partial charge in [0.1, 0.15) is 0 Å². The van der Waals surface area contributed by atoms with Crippen LogP contribution >= 0.6 is 0 Å². The lowest BCUT2D eigenvalue weighted by Gasteiger charge is -2.22. The van der Waals surface area contributed by atoms with Crippen LogP contribution in [0, 0.1) is 0 Å². The quantitative estimate of drug-likeness (QED) is 0.904. The van der Waals surface area contributed by atoms with Gasteiger partial charge in [-0.25, -0.2) is 0 Å². The van der Waals surface area contributed by atoms with Crippen molar-refractivity contribution in [1.82, 2.24) is 15.5 Å². The summed E-state index contributed by atoms with van der Waals surface area (Å²) in [5.74, 6) is 0.240. The van der Waals surface area contributed by atoms with E-state index >= 15 is 0 Å². The van der Waals surface area contributed by atoms with E-state index in [9.17, 15) is 4.79 Å². The molecule has 2 fully saturated rings. The topological polar surface area (TPSA) is 71.3 Å². The van der Waals surface area contributed by atoms with Crippen LogP contribution in [0.4, 0.5) is 5.69 Å². The Labute approximate surface area is 154 Å². The van der Waals surface area contributed by atoms with E-state index in [1.54, 1.807) is 0 Å². The number of carbonyl (C=O) groups excluding carboxylic acids is 1. The van der Waals surface area contributed by atoms with Crippen molar-refractivity contribution in [1.29, 1.82) is 0 Å². The summed E-state index contributed by atoms with van der Waals surface area (Å²) in [7, 11) is 0. The Bertz CT molecular complexity index is 727. The first kappa shape index (κ1) is 17.1. The number of carbonyl (C=O) groups is 1. The fourth-order valence-corrected chi connectivity index (χ4v) is 3.90. The first-order chi connectivity index (χ1) is 12.8. The van der Waals surface area contributed by atoms with Crippen LogP contribution in [-0.2, 0) is 0 Å². The Hall–Kier alpha value is -2.37. The average Bonchev–Trinajstić information content (AvgIpc) is 3.29. The van der Waals surface area contributed by atoms with Crippen LogP contribution in [0.25, 0.3) is 11.4 Å². The summed E-state index contributed by atoms with van der Waals surface area (Å²) >= 11 is 0. The van der Waals surface area contributed by atoms with E-state index in [0.717, 1.165) is 31.5 Å². The maximum absolute atomic E-state index is 12.2. The van der Waals surface area contributed by atoms with Gasteiger partial charge in [0.25, 0.3) is 0 Å². The summed E-state index contributed by atoms with van der Waals surface area (Å²) < 4.78 is 5.17. The highest BCUT2D eigenvalue weighted by atomic mass is 16.5. The highest BCUT2D eigenvalue weighted by molar-refractivity contribution is 5.90. The zero-order valence-electron chi connectivity index (χ0n) is 15.1. The summed E-state index contributed by atoms with van der Waals surface area (Å²) in [4.78, 5) is 18.9. The lowest BCUT2D eigenvalue weighted by molar-refractivity contribution is 0.0893. The number of nitrogens with one attached hydrogen (secondary N) is 1. The lowest BCUT2D eigenvalue weighted by Crippen LogP contribution is -2.32. The number of hydrogen-bond acceptors (Lipinski definition) is 5. The monoisotopic (exact) mass is 354 g/mol. The molecule has 1 saturated heterocycles. The van der Waals surface area contributed by atoms with Gasteiger partial charge in [-0.3, -0.25) is 4.79 Å². The van der Waals surface area contributed by atoms with Gasteiger partial charge in [0.05, 0.1) is 0 Å². The van der Waals surface area contributed by atoms with E-state index in [1.165, 1.54) is 44.2 Å². The van der Waals surface area contributed by atoms with Crippen molar-refractivity contribution >= 4 is 11.6 Å². The van der Waals surface area contributed by atoms with Crippen molar-refractivity contribution in [2.45, 2.75) is 57.4 Å². The summed E-state index contributed by atoms with van der Waals surface area (Å²) in [6, 6.07) is 8.46. The molecule has 2 heterocycles. The molecular formula is C20H26N4O2. The second-order valence-electron chi connectivity index (χ2n) is 7.33. The smallest absolute Gasteiger partial charge is 0.316 e. The third-order valence-electron chi connectivity index (χ3n) is 5.41. The molecule has 0 radical (unpaired) electrons. The van der Waals surface area contributed by atoms with Crippen LogP contribution in [0.2, 0.25) is 0 Å². The van der Waals surface area contributed by atoms with Gasteiger partial charge < -0.3 is 14.7 Å². The molecule has 6 heteroatoms. The Balaban J connectivity index is 1.42. The van der Waals surface area contributed by atoms with Gasteiger partial charge in [0, 0.05) is 30.4 Å². The number of aromatic nitrogens is 2. The molecule has 0 spiro atoms. The van der Waals surface area contributed by atoms with Gasteiger partial charge in [0.15, 0.2) is 0 Å². The van der Waals surface area contributed by atoms with E-state index in [1.807, 2.05) is 12.1 Å². The third kappa shape index (κ3) is 3.89. The van der Waals surface area contributed by atoms with Gasteiger partial charge >= 0.3 is 11.8 Å². The second-order valence-corrected chi connectivity index (χ2v) is 7.33. The molecular weight excluding hydrogens is 328 g/mol. The largest absolute Gasteiger partial charge is 0.372 e. The predicted molar refractivity (Wildman–Crippen MR) is 100 cm³/mol. The Morgan fingerprint density at radius 2 is 1.69 bits per heavy atom. The molecule has 1 aromatic heterocycles. The first-order valence-electron chi connectivity index (χ1n) is 9.79. The molecule has 0 atom stereocenters. The molecule has 4 rings (SSSR count). The lowest BCUT2D eigenvalue weighted by atomic mass is 10.2. The SMILES string of the molecule is O=C(NC1CCCC1)c1nc(-c2ccc(N3CCCCCC3)cc2)no1. The van der Waals surface area contributed by atoms with Crippen molar-refractivity contribution in [3.8, 4) is 11.4 Å². The number of hydrogen-bond donors (Lipinski definition) is 1. The van der Waals surface area contributed by atoms with Crippen LogP contribution < -0.4 is 10.2 Å². The molecule has 1 aliphatic heterocycles. The van der Waals surface area contributed by atoms with Gasteiger partial charge in [-0.05, 0) is 49.9 Å². The maximum atomic E-state index is 12.2. The van der Waals surface area contributed by atoms with Gasteiger partial charge in [-0.15, -0.1) is 0 Å². The van der Waals surface area contributed by atoms with Crippen molar-refractivity contribution in [2.75, 3.05) is 18.0 Å². The maximum Gasteiger partial charge on any atom is 0.316 e. The van der Waals surface area contributed by atoms with Gasteiger partial charge in [-0.1, -0.05) is 30.8 Å². The zero-order valence-corrected chi connectivity index (χ0v) is 15.1. The first-order valence-corrected chi connectivity index (χ1v) is 9.79. The van der Waals surface area contributed by atoms with Crippen molar-refractivity contribution in [3.63, 3.8) is 0 Å². The molecule has 0 unspecified atom stereocenters. The molecule has 2 aliphatic rings. The van der Waals surface area contributed by atoms with Crippen LogP contribution in [0.5, 0.6) is 0 Å². The van der Waals surface area contributed by atoms with Gasteiger partial charge in [0.2, 0.25) is 5.82 Å². The van der Waals surface area contributed by atoms with E-state index in [0.29, 0.717) is 5.82 Å². The number of nitrogens with zero attached hydrogens (tertiary/aromatic N) is 3.